The number of carbonyl (C=O) groups excluding carboxylic acids is 2. The molecule has 0 bridgehead atoms. The Labute approximate surface area is 166 Å². The maximum Gasteiger partial charge on any atom is 0.320 e. The molecule has 1 aliphatic heterocycles. The molecule has 0 aliphatic carbocycles. The molecule has 1 saturated heterocycles. The summed E-state index contributed by atoms with van der Waals surface area (Å²) in [6, 6.07) is 17.6. The summed E-state index contributed by atoms with van der Waals surface area (Å²) in [7, 11) is 0. The Morgan fingerprint density at radius 3 is 2.54 bits per heavy atom. The molecule has 28 heavy (non-hydrogen) atoms. The molecule has 3 amide bonds. The summed E-state index contributed by atoms with van der Waals surface area (Å²) in [6.45, 7) is 5.33. The smallest absolute Gasteiger partial charge is 0.320 e. The topological polar surface area (TPSA) is 61.9 Å². The predicted octanol–water partition coefficient (Wildman–Crippen LogP) is 3.03. The van der Waals surface area contributed by atoms with Crippen molar-refractivity contribution in [1.82, 2.24) is 15.1 Å². The van der Waals surface area contributed by atoms with Gasteiger partial charge in [-0.15, -0.1) is 0 Å². The van der Waals surface area contributed by atoms with Gasteiger partial charge >= 0.3 is 6.03 Å². The van der Waals surface area contributed by atoms with Crippen LogP contribution in [-0.4, -0.2) is 48.0 Å². The van der Waals surface area contributed by atoms with Crippen LogP contribution in [0.1, 0.15) is 24.5 Å². The zero-order valence-electron chi connectivity index (χ0n) is 16.3. The van der Waals surface area contributed by atoms with Crippen molar-refractivity contribution in [3.63, 3.8) is 0 Å². The van der Waals surface area contributed by atoms with Crippen LogP contribution in [0.4, 0.5) is 4.79 Å². The highest BCUT2D eigenvalue weighted by molar-refractivity contribution is 5.79. The van der Waals surface area contributed by atoms with Crippen LogP contribution in [-0.2, 0) is 17.9 Å². The number of hydrogen-bond acceptors (Lipinski definition) is 3. The Morgan fingerprint density at radius 2 is 1.75 bits per heavy atom. The van der Waals surface area contributed by atoms with E-state index in [1.165, 1.54) is 0 Å². The summed E-state index contributed by atoms with van der Waals surface area (Å²) in [4.78, 5) is 28.3. The summed E-state index contributed by atoms with van der Waals surface area (Å²) in [5.41, 5.74) is 2.06. The lowest BCUT2D eigenvalue weighted by atomic mass is 10.2. The van der Waals surface area contributed by atoms with Crippen LogP contribution < -0.4 is 10.1 Å². The second-order valence-corrected chi connectivity index (χ2v) is 6.74. The van der Waals surface area contributed by atoms with Crippen molar-refractivity contribution in [1.29, 1.82) is 0 Å². The van der Waals surface area contributed by atoms with E-state index < -0.39 is 0 Å². The fraction of sp³-hybridized carbons (Fsp3) is 0.364. The molecule has 1 aliphatic rings. The molecule has 0 aromatic heterocycles. The van der Waals surface area contributed by atoms with Gasteiger partial charge in [0, 0.05) is 44.7 Å². The molecule has 2 aromatic carbocycles. The Balaban J connectivity index is 1.43. The molecule has 6 nitrogen and oxygen atoms in total. The average Bonchev–Trinajstić information content (AvgIpc) is 3.06. The van der Waals surface area contributed by atoms with Gasteiger partial charge in [0.2, 0.25) is 5.91 Å². The molecule has 1 heterocycles. The lowest BCUT2D eigenvalue weighted by molar-refractivity contribution is -0.121. The lowest BCUT2D eigenvalue weighted by Gasteiger charge is -2.18. The van der Waals surface area contributed by atoms with Gasteiger partial charge in [-0.2, -0.15) is 0 Å². The van der Waals surface area contributed by atoms with Gasteiger partial charge in [-0.25, -0.2) is 4.79 Å². The minimum absolute atomic E-state index is 0.00153. The molecule has 0 unspecified atom stereocenters. The average molecular weight is 381 g/mol. The molecule has 148 valence electrons. The summed E-state index contributed by atoms with van der Waals surface area (Å²) in [5, 5.41) is 2.92. The lowest BCUT2D eigenvalue weighted by Crippen LogP contribution is -2.34. The summed E-state index contributed by atoms with van der Waals surface area (Å²) in [6.07, 6.45) is 0.293. The van der Waals surface area contributed by atoms with Crippen LogP contribution in [0.25, 0.3) is 0 Å². The van der Waals surface area contributed by atoms with Crippen LogP contribution in [0, 0.1) is 0 Å². The fourth-order valence-corrected chi connectivity index (χ4v) is 3.26. The molecule has 0 atom stereocenters. The highest BCUT2D eigenvalue weighted by Crippen LogP contribution is 2.18. The monoisotopic (exact) mass is 381 g/mol. The zero-order chi connectivity index (χ0) is 19.8. The Bertz CT molecular complexity index is 795. The van der Waals surface area contributed by atoms with Crippen molar-refractivity contribution in [2.75, 3.05) is 26.2 Å². The van der Waals surface area contributed by atoms with E-state index in [4.69, 9.17) is 4.74 Å². The van der Waals surface area contributed by atoms with Crippen molar-refractivity contribution in [2.45, 2.75) is 26.4 Å². The van der Waals surface area contributed by atoms with Gasteiger partial charge in [-0.05, 0) is 18.6 Å². The third-order valence-electron chi connectivity index (χ3n) is 4.75. The minimum Gasteiger partial charge on any atom is -0.494 e. The number of urea groups is 1. The van der Waals surface area contributed by atoms with Gasteiger partial charge in [-0.3, -0.25) is 4.79 Å². The molecule has 2 aromatic rings. The second kappa shape index (κ2) is 9.78. The third-order valence-corrected chi connectivity index (χ3v) is 4.75. The number of carbonyl (C=O) groups is 2. The molecular formula is C22H27N3O3. The molecule has 6 heteroatoms. The predicted molar refractivity (Wildman–Crippen MR) is 108 cm³/mol. The Morgan fingerprint density at radius 1 is 1.04 bits per heavy atom. The van der Waals surface area contributed by atoms with Crippen molar-refractivity contribution in [3.8, 4) is 5.75 Å². The van der Waals surface area contributed by atoms with Crippen LogP contribution in [0.15, 0.2) is 54.6 Å². The number of nitrogens with one attached hydrogen (secondary N) is 1. The van der Waals surface area contributed by atoms with Crippen molar-refractivity contribution in [2.24, 2.45) is 0 Å². The van der Waals surface area contributed by atoms with E-state index in [0.29, 0.717) is 45.8 Å². The SMILES string of the molecule is CCOc1ccccc1CNC(=O)CCN1CCN(Cc2ccccc2)C1=O. The van der Waals surface area contributed by atoms with Gasteiger partial charge in [0.1, 0.15) is 5.75 Å². The van der Waals surface area contributed by atoms with Crippen LogP contribution in [0.2, 0.25) is 0 Å². The molecular weight excluding hydrogens is 354 g/mol. The highest BCUT2D eigenvalue weighted by Gasteiger charge is 2.28. The van der Waals surface area contributed by atoms with Crippen molar-refractivity contribution >= 4 is 11.9 Å². The van der Waals surface area contributed by atoms with Crippen LogP contribution in [0.3, 0.4) is 0 Å². The van der Waals surface area contributed by atoms with Gasteiger partial charge in [-0.1, -0.05) is 48.5 Å². The number of amides is 3. The Kier molecular flexibility index (Phi) is 6.89. The van der Waals surface area contributed by atoms with E-state index >= 15 is 0 Å². The van der Waals surface area contributed by atoms with E-state index in [-0.39, 0.29) is 11.9 Å². The number of benzene rings is 2. The molecule has 0 spiro atoms. The number of hydrogen-bond donors (Lipinski definition) is 1. The van der Waals surface area contributed by atoms with E-state index in [2.05, 4.69) is 5.32 Å². The third kappa shape index (κ3) is 5.25. The molecule has 1 fully saturated rings. The summed E-state index contributed by atoms with van der Waals surface area (Å²) in [5.74, 6) is 0.720. The van der Waals surface area contributed by atoms with E-state index in [0.717, 1.165) is 16.9 Å². The number of nitrogens with zero attached hydrogens (tertiary/aromatic N) is 2. The quantitative estimate of drug-likeness (QED) is 0.726. The number of ether oxygens (including phenoxy) is 1. The van der Waals surface area contributed by atoms with E-state index in [9.17, 15) is 9.59 Å². The van der Waals surface area contributed by atoms with E-state index in [1.807, 2.05) is 66.4 Å². The number of para-hydroxylation sites is 1. The molecule has 1 N–H and O–H groups in total. The molecule has 0 saturated carbocycles. The van der Waals surface area contributed by atoms with Gasteiger partial charge in [0.15, 0.2) is 0 Å². The van der Waals surface area contributed by atoms with Crippen LogP contribution in [0.5, 0.6) is 5.75 Å². The normalized spacial score (nSPS) is 13.7. The highest BCUT2D eigenvalue weighted by atomic mass is 16.5. The van der Waals surface area contributed by atoms with Gasteiger partial charge in [0.05, 0.1) is 6.61 Å². The van der Waals surface area contributed by atoms with Gasteiger partial charge in [0.25, 0.3) is 0 Å². The first-order chi connectivity index (χ1) is 13.7. The zero-order valence-corrected chi connectivity index (χ0v) is 16.3. The summed E-state index contributed by atoms with van der Waals surface area (Å²) < 4.78 is 5.58. The van der Waals surface area contributed by atoms with Crippen molar-refractivity contribution < 1.29 is 14.3 Å². The van der Waals surface area contributed by atoms with Crippen LogP contribution >= 0.6 is 0 Å². The first-order valence-corrected chi connectivity index (χ1v) is 9.72. The largest absolute Gasteiger partial charge is 0.494 e. The fourth-order valence-electron chi connectivity index (χ4n) is 3.26. The second-order valence-electron chi connectivity index (χ2n) is 6.74. The Hall–Kier alpha value is -3.02. The number of rotatable bonds is 9. The first kappa shape index (κ1) is 19.7. The molecule has 0 radical (unpaired) electrons. The van der Waals surface area contributed by atoms with E-state index in [1.54, 1.807) is 4.90 Å². The maximum absolute atomic E-state index is 12.5. The first-order valence-electron chi connectivity index (χ1n) is 9.72. The van der Waals surface area contributed by atoms with Gasteiger partial charge < -0.3 is 19.9 Å². The maximum atomic E-state index is 12.5. The standard InChI is InChI=1S/C22H27N3O3/c1-2-28-20-11-7-6-10-19(20)16-23-21(26)12-13-24-14-15-25(22(24)27)17-18-8-4-3-5-9-18/h3-11H,2,12-17H2,1H3,(H,23,26). The van der Waals surface area contributed by atoms with Crippen molar-refractivity contribution in [3.05, 3.63) is 65.7 Å². The summed E-state index contributed by atoms with van der Waals surface area (Å²) >= 11 is 0. The minimum atomic E-state index is -0.0689. The molecule has 3 rings (SSSR count).